The minimum atomic E-state index is -0.572. The highest BCUT2D eigenvalue weighted by molar-refractivity contribution is 6.35. The normalized spacial score (nSPS) is 11.0. The standard InChI is InChI=1S/C16H10Cl2O3/c17-10-6-5-9(13(18)8-10)7-12-15(19)11-3-1-2-4-14(11)21-16(12)20/h1-6,8,19H,7H2. The molecule has 0 radical (unpaired) electrons. The lowest BCUT2D eigenvalue weighted by molar-refractivity contribution is 0.459. The summed E-state index contributed by atoms with van der Waals surface area (Å²) < 4.78 is 5.22. The molecule has 1 aromatic heterocycles. The molecule has 0 atom stereocenters. The molecule has 0 aliphatic carbocycles. The first-order valence-corrected chi connectivity index (χ1v) is 6.99. The van der Waals surface area contributed by atoms with Gasteiger partial charge in [0.15, 0.2) is 0 Å². The van der Waals surface area contributed by atoms with Gasteiger partial charge >= 0.3 is 5.63 Å². The molecule has 3 nitrogen and oxygen atoms in total. The Morgan fingerprint density at radius 2 is 1.86 bits per heavy atom. The Balaban J connectivity index is 2.14. The SMILES string of the molecule is O=c1oc2ccccc2c(O)c1Cc1ccc(Cl)cc1Cl. The van der Waals surface area contributed by atoms with Crippen LogP contribution >= 0.6 is 23.2 Å². The number of aromatic hydroxyl groups is 1. The zero-order valence-electron chi connectivity index (χ0n) is 10.8. The zero-order chi connectivity index (χ0) is 15.0. The maximum Gasteiger partial charge on any atom is 0.343 e. The van der Waals surface area contributed by atoms with E-state index in [9.17, 15) is 9.90 Å². The fraction of sp³-hybridized carbons (Fsp3) is 0.0625. The quantitative estimate of drug-likeness (QED) is 0.712. The van der Waals surface area contributed by atoms with Crippen LogP contribution in [0.25, 0.3) is 11.0 Å². The Labute approximate surface area is 130 Å². The number of hydrogen-bond donors (Lipinski definition) is 1. The van der Waals surface area contributed by atoms with Gasteiger partial charge in [-0.25, -0.2) is 4.79 Å². The van der Waals surface area contributed by atoms with Gasteiger partial charge in [-0.15, -0.1) is 0 Å². The number of rotatable bonds is 2. The Morgan fingerprint density at radius 1 is 1.10 bits per heavy atom. The van der Waals surface area contributed by atoms with E-state index in [4.69, 9.17) is 27.6 Å². The van der Waals surface area contributed by atoms with Gasteiger partial charge in [0.2, 0.25) is 0 Å². The second-order valence-electron chi connectivity index (χ2n) is 4.63. The summed E-state index contributed by atoms with van der Waals surface area (Å²) in [5.41, 5.74) is 0.653. The lowest BCUT2D eigenvalue weighted by Gasteiger charge is -2.08. The minimum Gasteiger partial charge on any atom is -0.507 e. The zero-order valence-corrected chi connectivity index (χ0v) is 12.3. The highest BCUT2D eigenvalue weighted by Crippen LogP contribution is 2.29. The van der Waals surface area contributed by atoms with E-state index >= 15 is 0 Å². The van der Waals surface area contributed by atoms with Crippen molar-refractivity contribution in [1.82, 2.24) is 0 Å². The molecule has 0 saturated heterocycles. The number of halogens is 2. The second-order valence-corrected chi connectivity index (χ2v) is 5.47. The molecule has 0 fully saturated rings. The van der Waals surface area contributed by atoms with E-state index in [1.807, 2.05) is 0 Å². The molecular weight excluding hydrogens is 311 g/mol. The maximum absolute atomic E-state index is 12.0. The molecule has 21 heavy (non-hydrogen) atoms. The van der Waals surface area contributed by atoms with Crippen molar-refractivity contribution in [3.05, 3.63) is 74.1 Å². The number of hydrogen-bond acceptors (Lipinski definition) is 3. The summed E-state index contributed by atoms with van der Waals surface area (Å²) in [7, 11) is 0. The molecule has 106 valence electrons. The predicted octanol–water partition coefficient (Wildman–Crippen LogP) is 4.40. The Morgan fingerprint density at radius 3 is 2.62 bits per heavy atom. The van der Waals surface area contributed by atoms with E-state index in [0.717, 1.165) is 0 Å². The third-order valence-corrected chi connectivity index (χ3v) is 3.85. The summed E-state index contributed by atoms with van der Waals surface area (Å²) in [6, 6.07) is 11.8. The van der Waals surface area contributed by atoms with Crippen LogP contribution in [-0.4, -0.2) is 5.11 Å². The summed E-state index contributed by atoms with van der Waals surface area (Å²) in [5.74, 6) is -0.0760. The van der Waals surface area contributed by atoms with Gasteiger partial charge in [0.25, 0.3) is 0 Å². The lowest BCUT2D eigenvalue weighted by atomic mass is 10.0. The van der Waals surface area contributed by atoms with Gasteiger partial charge in [-0.3, -0.25) is 0 Å². The molecule has 0 aliphatic rings. The van der Waals surface area contributed by atoms with Gasteiger partial charge in [-0.05, 0) is 29.8 Å². The Bertz CT molecular complexity index is 884. The van der Waals surface area contributed by atoms with Crippen LogP contribution in [0.3, 0.4) is 0 Å². The van der Waals surface area contributed by atoms with Crippen LogP contribution in [0.15, 0.2) is 51.7 Å². The van der Waals surface area contributed by atoms with Crippen molar-refractivity contribution in [1.29, 1.82) is 0 Å². The summed E-state index contributed by atoms with van der Waals surface area (Å²) in [6.07, 6.45) is 0.176. The minimum absolute atomic E-state index is 0.0760. The van der Waals surface area contributed by atoms with E-state index < -0.39 is 5.63 Å². The Kier molecular flexibility index (Phi) is 3.62. The third kappa shape index (κ3) is 2.62. The molecule has 0 spiro atoms. The number of para-hydroxylation sites is 1. The van der Waals surface area contributed by atoms with Crippen molar-refractivity contribution in [3.8, 4) is 5.75 Å². The van der Waals surface area contributed by atoms with Crippen LogP contribution in [0.2, 0.25) is 10.0 Å². The summed E-state index contributed by atoms with van der Waals surface area (Å²) in [6.45, 7) is 0. The van der Waals surface area contributed by atoms with Crippen molar-refractivity contribution in [2.75, 3.05) is 0 Å². The van der Waals surface area contributed by atoms with Crippen LogP contribution in [0.1, 0.15) is 11.1 Å². The van der Waals surface area contributed by atoms with Gasteiger partial charge in [0.1, 0.15) is 11.3 Å². The fourth-order valence-electron chi connectivity index (χ4n) is 2.18. The van der Waals surface area contributed by atoms with Gasteiger partial charge in [0.05, 0.1) is 10.9 Å². The summed E-state index contributed by atoms with van der Waals surface area (Å²) in [4.78, 5) is 12.0. The van der Waals surface area contributed by atoms with Crippen molar-refractivity contribution >= 4 is 34.2 Å². The molecule has 2 aromatic carbocycles. The van der Waals surface area contributed by atoms with E-state index in [0.29, 0.717) is 26.6 Å². The molecule has 0 saturated carbocycles. The molecule has 1 heterocycles. The van der Waals surface area contributed by atoms with E-state index in [-0.39, 0.29) is 17.7 Å². The lowest BCUT2D eigenvalue weighted by Crippen LogP contribution is -2.08. The molecule has 0 amide bonds. The van der Waals surface area contributed by atoms with Gasteiger partial charge in [0, 0.05) is 16.5 Å². The third-order valence-electron chi connectivity index (χ3n) is 3.26. The molecule has 0 bridgehead atoms. The summed E-state index contributed by atoms with van der Waals surface area (Å²) >= 11 is 12.0. The van der Waals surface area contributed by atoms with Gasteiger partial charge in [-0.1, -0.05) is 41.4 Å². The molecule has 1 N–H and O–H groups in total. The smallest absolute Gasteiger partial charge is 0.343 e. The van der Waals surface area contributed by atoms with Crippen LogP contribution in [-0.2, 0) is 6.42 Å². The van der Waals surface area contributed by atoms with Crippen molar-refractivity contribution in [2.24, 2.45) is 0 Å². The van der Waals surface area contributed by atoms with Crippen LogP contribution in [0.4, 0.5) is 0 Å². The first-order valence-electron chi connectivity index (χ1n) is 6.24. The number of benzene rings is 2. The second kappa shape index (κ2) is 5.43. The first-order chi connectivity index (χ1) is 10.1. The van der Waals surface area contributed by atoms with Crippen LogP contribution in [0.5, 0.6) is 5.75 Å². The van der Waals surface area contributed by atoms with E-state index in [1.165, 1.54) is 0 Å². The van der Waals surface area contributed by atoms with Gasteiger partial charge in [-0.2, -0.15) is 0 Å². The summed E-state index contributed by atoms with van der Waals surface area (Å²) in [5, 5.41) is 11.8. The van der Waals surface area contributed by atoms with Crippen molar-refractivity contribution in [2.45, 2.75) is 6.42 Å². The molecule has 3 rings (SSSR count). The van der Waals surface area contributed by atoms with Crippen LogP contribution < -0.4 is 5.63 Å². The Hall–Kier alpha value is -1.97. The largest absolute Gasteiger partial charge is 0.507 e. The topological polar surface area (TPSA) is 50.4 Å². The average Bonchev–Trinajstić information content (AvgIpc) is 2.45. The molecule has 3 aromatic rings. The highest BCUT2D eigenvalue weighted by atomic mass is 35.5. The highest BCUT2D eigenvalue weighted by Gasteiger charge is 2.15. The van der Waals surface area contributed by atoms with Gasteiger partial charge < -0.3 is 9.52 Å². The molecule has 0 unspecified atom stereocenters. The van der Waals surface area contributed by atoms with Crippen molar-refractivity contribution < 1.29 is 9.52 Å². The van der Waals surface area contributed by atoms with E-state index in [1.54, 1.807) is 42.5 Å². The first kappa shape index (κ1) is 14.0. The number of fused-ring (bicyclic) bond motifs is 1. The monoisotopic (exact) mass is 320 g/mol. The van der Waals surface area contributed by atoms with E-state index in [2.05, 4.69) is 0 Å². The van der Waals surface area contributed by atoms with Crippen molar-refractivity contribution in [3.63, 3.8) is 0 Å². The molecule has 0 aliphatic heterocycles. The average molecular weight is 321 g/mol. The fourth-order valence-corrected chi connectivity index (χ4v) is 2.66. The molecule has 5 heteroatoms. The predicted molar refractivity (Wildman–Crippen MR) is 83.4 cm³/mol. The van der Waals surface area contributed by atoms with Crippen LogP contribution in [0, 0.1) is 0 Å². The maximum atomic E-state index is 12.0. The molecular formula is C16H10Cl2O3.